The van der Waals surface area contributed by atoms with Crippen molar-refractivity contribution in [3.05, 3.63) is 52.8 Å². The van der Waals surface area contributed by atoms with Crippen molar-refractivity contribution < 1.29 is 0 Å². The van der Waals surface area contributed by atoms with Crippen LogP contribution in [0.1, 0.15) is 35.4 Å². The van der Waals surface area contributed by atoms with E-state index in [1.165, 1.54) is 24.1 Å². The lowest BCUT2D eigenvalue weighted by Crippen LogP contribution is -2.33. The summed E-state index contributed by atoms with van der Waals surface area (Å²) in [7, 11) is 0. The van der Waals surface area contributed by atoms with Gasteiger partial charge in [0.1, 0.15) is 0 Å². The molecule has 114 valence electrons. The molecule has 2 heterocycles. The monoisotopic (exact) mass is 294 g/mol. The van der Waals surface area contributed by atoms with Crippen LogP contribution < -0.4 is 0 Å². The molecule has 0 N–H and O–H groups in total. The predicted molar refractivity (Wildman–Crippen MR) is 86.3 cm³/mol. The van der Waals surface area contributed by atoms with Crippen LogP contribution in [0.3, 0.4) is 0 Å². The van der Waals surface area contributed by atoms with Gasteiger partial charge in [0.25, 0.3) is 0 Å². The number of benzene rings is 1. The van der Waals surface area contributed by atoms with Crippen LogP contribution in [-0.2, 0) is 13.1 Å². The molecule has 0 spiro atoms. The lowest BCUT2D eigenvalue weighted by molar-refractivity contribution is 0.218. The first-order valence-electron chi connectivity index (χ1n) is 7.90. The maximum Gasteiger partial charge on any atom is 0.0991 e. The Hall–Kier alpha value is -2.12. The summed E-state index contributed by atoms with van der Waals surface area (Å²) in [6.45, 7) is 7.16. The number of hydrogen-bond donors (Lipinski definition) is 0. The largest absolute Gasteiger partial charge is 0.294 e. The highest BCUT2D eigenvalue weighted by Gasteiger charge is 2.25. The van der Waals surface area contributed by atoms with Gasteiger partial charge in [-0.15, -0.1) is 0 Å². The average Bonchev–Trinajstić information content (AvgIpc) is 3.06. The molecule has 1 saturated heterocycles. The molecule has 0 saturated carbocycles. The van der Waals surface area contributed by atoms with E-state index in [1.54, 1.807) is 0 Å². The molecule has 1 aromatic heterocycles. The Balaban J connectivity index is 1.70. The third-order valence-corrected chi connectivity index (χ3v) is 4.43. The number of nitrogens with zero attached hydrogens (tertiary/aromatic N) is 4. The Morgan fingerprint density at radius 3 is 2.91 bits per heavy atom. The molecule has 1 aromatic carbocycles. The van der Waals surface area contributed by atoms with Gasteiger partial charge in [-0.1, -0.05) is 12.1 Å². The second-order valence-electron chi connectivity index (χ2n) is 6.19. The summed E-state index contributed by atoms with van der Waals surface area (Å²) in [5.41, 5.74) is 4.28. The van der Waals surface area contributed by atoms with Gasteiger partial charge in [0, 0.05) is 18.3 Å². The Morgan fingerprint density at radius 1 is 1.32 bits per heavy atom. The highest BCUT2D eigenvalue weighted by molar-refractivity contribution is 5.32. The summed E-state index contributed by atoms with van der Waals surface area (Å²) in [5, 5.41) is 13.6. The fourth-order valence-electron chi connectivity index (χ4n) is 3.34. The van der Waals surface area contributed by atoms with Crippen LogP contribution in [-0.4, -0.2) is 27.3 Å². The van der Waals surface area contributed by atoms with Crippen LogP contribution in [0.2, 0.25) is 0 Å². The van der Waals surface area contributed by atoms with Crippen LogP contribution in [0.4, 0.5) is 0 Å². The molecule has 1 atom stereocenters. The fourth-order valence-corrected chi connectivity index (χ4v) is 3.34. The summed E-state index contributed by atoms with van der Waals surface area (Å²) in [6, 6.07) is 12.8. The van der Waals surface area contributed by atoms with E-state index in [-0.39, 0.29) is 0 Å². The molecule has 22 heavy (non-hydrogen) atoms. The normalized spacial score (nSPS) is 18.5. The standard InChI is InChI=1S/C18H22N4/c1-14-9-15(2)22(20-14)13-18-7-4-8-21(18)12-17-6-3-5-16(10-17)11-19/h3,5-6,9-10,18H,4,7-8,12-13H2,1-2H3/t18-/m0/s1. The minimum absolute atomic E-state index is 0.531. The summed E-state index contributed by atoms with van der Waals surface area (Å²) < 4.78 is 2.13. The topological polar surface area (TPSA) is 44.9 Å². The van der Waals surface area contributed by atoms with Crippen LogP contribution in [0.15, 0.2) is 30.3 Å². The molecule has 0 aliphatic carbocycles. The smallest absolute Gasteiger partial charge is 0.0991 e. The van der Waals surface area contributed by atoms with Crippen molar-refractivity contribution in [2.75, 3.05) is 6.54 Å². The van der Waals surface area contributed by atoms with Gasteiger partial charge in [-0.2, -0.15) is 10.4 Å². The second kappa shape index (κ2) is 6.33. The van der Waals surface area contributed by atoms with Gasteiger partial charge in [0.15, 0.2) is 0 Å². The van der Waals surface area contributed by atoms with E-state index in [2.05, 4.69) is 39.8 Å². The Kier molecular flexibility index (Phi) is 4.26. The lowest BCUT2D eigenvalue weighted by Gasteiger charge is -2.25. The molecule has 1 fully saturated rings. The van der Waals surface area contributed by atoms with Crippen molar-refractivity contribution in [3.63, 3.8) is 0 Å². The van der Waals surface area contributed by atoms with E-state index in [9.17, 15) is 0 Å². The SMILES string of the molecule is Cc1cc(C)n(C[C@@H]2CCCN2Cc2cccc(C#N)c2)n1. The Labute approximate surface area is 132 Å². The fraction of sp³-hybridized carbons (Fsp3) is 0.444. The van der Waals surface area contributed by atoms with Crippen molar-refractivity contribution in [1.82, 2.24) is 14.7 Å². The Morgan fingerprint density at radius 2 is 2.18 bits per heavy atom. The minimum Gasteiger partial charge on any atom is -0.294 e. The van der Waals surface area contributed by atoms with Gasteiger partial charge >= 0.3 is 0 Å². The quantitative estimate of drug-likeness (QED) is 0.870. The number of aryl methyl sites for hydroxylation is 2. The maximum absolute atomic E-state index is 9.03. The van der Waals surface area contributed by atoms with Crippen LogP contribution in [0.25, 0.3) is 0 Å². The van der Waals surface area contributed by atoms with E-state index in [1.807, 2.05) is 25.1 Å². The van der Waals surface area contributed by atoms with Gasteiger partial charge in [-0.3, -0.25) is 9.58 Å². The summed E-state index contributed by atoms with van der Waals surface area (Å²) >= 11 is 0. The zero-order valence-corrected chi connectivity index (χ0v) is 13.3. The molecule has 4 nitrogen and oxygen atoms in total. The molecule has 0 unspecified atom stereocenters. The second-order valence-corrected chi connectivity index (χ2v) is 6.19. The van der Waals surface area contributed by atoms with Crippen molar-refractivity contribution in [1.29, 1.82) is 5.26 Å². The predicted octanol–water partition coefficient (Wildman–Crippen LogP) is 3.04. The van der Waals surface area contributed by atoms with Crippen molar-refractivity contribution in [2.45, 2.75) is 45.8 Å². The van der Waals surface area contributed by atoms with Crippen molar-refractivity contribution in [2.24, 2.45) is 0 Å². The van der Waals surface area contributed by atoms with Crippen LogP contribution in [0.5, 0.6) is 0 Å². The van der Waals surface area contributed by atoms with Gasteiger partial charge in [0.2, 0.25) is 0 Å². The van der Waals surface area contributed by atoms with E-state index in [0.717, 1.165) is 30.9 Å². The van der Waals surface area contributed by atoms with Crippen LogP contribution >= 0.6 is 0 Å². The average molecular weight is 294 g/mol. The molecule has 1 aliphatic rings. The van der Waals surface area contributed by atoms with E-state index < -0.39 is 0 Å². The number of aromatic nitrogens is 2. The minimum atomic E-state index is 0.531. The molecule has 0 amide bonds. The molecular weight excluding hydrogens is 272 g/mol. The van der Waals surface area contributed by atoms with E-state index in [0.29, 0.717) is 6.04 Å². The van der Waals surface area contributed by atoms with Gasteiger partial charge in [-0.25, -0.2) is 0 Å². The molecule has 0 radical (unpaired) electrons. The highest BCUT2D eigenvalue weighted by Crippen LogP contribution is 2.22. The molecular formula is C18H22N4. The molecule has 0 bridgehead atoms. The first-order chi connectivity index (χ1) is 10.7. The lowest BCUT2D eigenvalue weighted by atomic mass is 10.1. The summed E-state index contributed by atoms with van der Waals surface area (Å²) in [4.78, 5) is 2.52. The third-order valence-electron chi connectivity index (χ3n) is 4.43. The number of hydrogen-bond acceptors (Lipinski definition) is 3. The number of rotatable bonds is 4. The molecule has 3 rings (SSSR count). The van der Waals surface area contributed by atoms with E-state index in [4.69, 9.17) is 5.26 Å². The van der Waals surface area contributed by atoms with Gasteiger partial charge in [-0.05, 0) is 57.0 Å². The molecule has 1 aliphatic heterocycles. The van der Waals surface area contributed by atoms with Gasteiger partial charge in [0.05, 0.1) is 23.9 Å². The molecule has 4 heteroatoms. The van der Waals surface area contributed by atoms with Crippen LogP contribution in [0, 0.1) is 25.2 Å². The number of likely N-dealkylation sites (tertiary alicyclic amines) is 1. The first kappa shape index (κ1) is 14.8. The molecule has 2 aromatic rings. The third kappa shape index (κ3) is 3.20. The van der Waals surface area contributed by atoms with Crippen molar-refractivity contribution >= 4 is 0 Å². The summed E-state index contributed by atoms with van der Waals surface area (Å²) in [6.07, 6.45) is 2.46. The van der Waals surface area contributed by atoms with Gasteiger partial charge < -0.3 is 0 Å². The van der Waals surface area contributed by atoms with E-state index >= 15 is 0 Å². The van der Waals surface area contributed by atoms with Crippen molar-refractivity contribution in [3.8, 4) is 6.07 Å². The zero-order valence-electron chi connectivity index (χ0n) is 13.3. The highest BCUT2D eigenvalue weighted by atomic mass is 15.3. The Bertz CT molecular complexity index is 695. The maximum atomic E-state index is 9.03. The zero-order chi connectivity index (χ0) is 15.5. The summed E-state index contributed by atoms with van der Waals surface area (Å²) in [5.74, 6) is 0. The number of nitriles is 1. The first-order valence-corrected chi connectivity index (χ1v) is 7.90.